The first-order valence-electron chi connectivity index (χ1n) is 12.1. The second kappa shape index (κ2) is 17.1. The zero-order valence-electron chi connectivity index (χ0n) is 21.1. The summed E-state index contributed by atoms with van der Waals surface area (Å²) in [4.78, 5) is 24.7. The van der Waals surface area contributed by atoms with Crippen molar-refractivity contribution in [3.05, 3.63) is 54.9 Å². The van der Waals surface area contributed by atoms with E-state index in [0.717, 1.165) is 24.9 Å². The van der Waals surface area contributed by atoms with Gasteiger partial charge in [0, 0.05) is 25.9 Å². The summed E-state index contributed by atoms with van der Waals surface area (Å²) in [6.45, 7) is 1.84. The summed E-state index contributed by atoms with van der Waals surface area (Å²) in [6, 6.07) is 8.30. The molecule has 0 radical (unpaired) electrons. The van der Waals surface area contributed by atoms with E-state index in [-0.39, 0.29) is 43.2 Å². The predicted octanol–water partition coefficient (Wildman–Crippen LogP) is 3.15. The number of nitrogens with one attached hydrogen (secondary N) is 2. The molecule has 2 aromatic rings. The summed E-state index contributed by atoms with van der Waals surface area (Å²) in [5, 5.41) is 39.9. The Bertz CT molecular complexity index is 1190. The van der Waals surface area contributed by atoms with Crippen molar-refractivity contribution in [3.8, 4) is 11.5 Å². The van der Waals surface area contributed by atoms with E-state index >= 15 is 0 Å². The Morgan fingerprint density at radius 1 is 0.821 bits per heavy atom. The number of rotatable bonds is 15. The summed E-state index contributed by atoms with van der Waals surface area (Å²) in [5.41, 5.74) is 5.11. The van der Waals surface area contributed by atoms with Crippen molar-refractivity contribution < 1.29 is 35.6 Å². The zero-order chi connectivity index (χ0) is 28.8. The van der Waals surface area contributed by atoms with Crippen LogP contribution in [0.25, 0.3) is 0 Å². The molecule has 0 saturated heterocycles. The Hall–Kier alpha value is -2.68. The Kier molecular flexibility index (Phi) is 14.3. The lowest BCUT2D eigenvalue weighted by molar-refractivity contribution is -0.368. The van der Waals surface area contributed by atoms with Gasteiger partial charge in [-0.1, -0.05) is 16.4 Å². The van der Waals surface area contributed by atoms with E-state index in [0.29, 0.717) is 37.7 Å². The number of carbonyl (C=O) groups is 2. The van der Waals surface area contributed by atoms with Gasteiger partial charge in [0.1, 0.15) is 22.9 Å². The molecule has 2 amide bonds. The molecule has 212 valence electrons. The molecule has 0 atom stereocenters. The van der Waals surface area contributed by atoms with Gasteiger partial charge >= 0.3 is 0 Å². The highest BCUT2D eigenvalue weighted by atomic mass is 79.9. The summed E-state index contributed by atoms with van der Waals surface area (Å²) in [7, 11) is 0. The molecule has 11 nitrogen and oxygen atoms in total. The average molecular weight is 737 g/mol. The summed E-state index contributed by atoms with van der Waals surface area (Å²) in [6.07, 6.45) is 2.39. The van der Waals surface area contributed by atoms with Gasteiger partial charge in [-0.25, -0.2) is 0 Å². The predicted molar refractivity (Wildman–Crippen MR) is 157 cm³/mol. The summed E-state index contributed by atoms with van der Waals surface area (Å²) < 4.78 is 7.60. The Morgan fingerprint density at radius 2 is 1.36 bits per heavy atom. The van der Waals surface area contributed by atoms with Gasteiger partial charge in [0.05, 0.1) is 26.6 Å². The fourth-order valence-electron chi connectivity index (χ4n) is 3.38. The van der Waals surface area contributed by atoms with Gasteiger partial charge in [-0.3, -0.25) is 9.59 Å². The molecule has 0 heterocycles. The first kappa shape index (κ1) is 32.5. The maximum Gasteiger partial charge on any atom is 0.269 e. The van der Waals surface area contributed by atoms with Crippen LogP contribution in [0.1, 0.15) is 30.4 Å². The molecular weight excluding hydrogens is 706 g/mol. The fourth-order valence-corrected chi connectivity index (χ4v) is 5.31. The molecule has 0 bridgehead atoms. The van der Waals surface area contributed by atoms with Crippen LogP contribution >= 0.6 is 47.8 Å². The van der Waals surface area contributed by atoms with Gasteiger partial charge < -0.3 is 36.6 Å². The lowest BCUT2D eigenvalue weighted by Crippen LogP contribution is -2.50. The second-order valence-corrected chi connectivity index (χ2v) is 11.0. The molecule has 0 saturated carbocycles. The molecule has 0 aromatic heterocycles. The second-order valence-electron chi connectivity index (χ2n) is 8.40. The molecule has 0 aliphatic carbocycles. The van der Waals surface area contributed by atoms with Crippen LogP contribution in [0.4, 0.5) is 0 Å². The van der Waals surface area contributed by atoms with Crippen molar-refractivity contribution in [3.63, 3.8) is 0 Å². The van der Waals surface area contributed by atoms with Crippen molar-refractivity contribution in [2.45, 2.75) is 32.1 Å². The van der Waals surface area contributed by atoms with Crippen LogP contribution in [0, 0.1) is 0 Å². The van der Waals surface area contributed by atoms with Crippen molar-refractivity contribution in [2.75, 3.05) is 26.2 Å². The zero-order valence-corrected chi connectivity index (χ0v) is 25.8. The maximum atomic E-state index is 12.4. The average Bonchev–Trinajstić information content (AvgIpc) is 2.91. The van der Waals surface area contributed by atoms with Crippen LogP contribution in [0.15, 0.2) is 54.1 Å². The number of amides is 2. The number of hydrogen-bond donors (Lipinski definition) is 6. The highest BCUT2D eigenvalue weighted by Gasteiger charge is 2.17. The number of phenols is 1. The fraction of sp³-hybridized carbons (Fsp3) is 0.360. The molecule has 0 fully saturated rings. The van der Waals surface area contributed by atoms with Crippen LogP contribution in [0.3, 0.4) is 0 Å². The van der Waals surface area contributed by atoms with Crippen molar-refractivity contribution in [2.24, 2.45) is 10.3 Å². The van der Waals surface area contributed by atoms with Gasteiger partial charge in [0.25, 0.3) is 11.8 Å². The number of unbranched alkanes of at least 4 members (excludes halogenated alkanes) is 1. The highest BCUT2D eigenvalue weighted by Crippen LogP contribution is 2.35. The van der Waals surface area contributed by atoms with Gasteiger partial charge in [-0.05, 0) is 102 Å². The number of hydrogen-bond acceptors (Lipinski definition) is 8. The number of halogens is 3. The van der Waals surface area contributed by atoms with E-state index in [4.69, 9.17) is 4.74 Å². The number of nitrogens with zero attached hydrogens (tertiary/aromatic N) is 2. The monoisotopic (exact) mass is 734 g/mol. The third kappa shape index (κ3) is 10.8. The van der Waals surface area contributed by atoms with E-state index in [9.17, 15) is 25.1 Å². The number of benzene rings is 2. The summed E-state index contributed by atoms with van der Waals surface area (Å²) in [5.74, 6) is -0.329. The lowest BCUT2D eigenvalue weighted by Gasteiger charge is -2.13. The minimum absolute atomic E-state index is 0.00309. The lowest BCUT2D eigenvalue weighted by atomic mass is 10.1. The standard InChI is InChI=1S/C25H30Br3N5O6/c26-17-10-15(4-5-22(17)34)13-20(32-37)24(35)31-8-3-9-39-23-18(27)11-16(12-19(23)28)14-21(33-38)25(36)30-7-2-1-6-29/h4-5,10-12,34,37-38H,1-3,6-9,13-14,29H2,(H,30,36)(H,31,35)/p+1/b32-20+,33-21+. The number of aromatic hydroxyl groups is 1. The van der Waals surface area contributed by atoms with Crippen molar-refractivity contribution >= 4 is 71.0 Å². The molecule has 0 spiro atoms. The van der Waals surface area contributed by atoms with Gasteiger partial charge in [-0.2, -0.15) is 0 Å². The highest BCUT2D eigenvalue weighted by molar-refractivity contribution is 9.11. The van der Waals surface area contributed by atoms with Crippen LogP contribution in [-0.2, 0) is 22.4 Å². The Labute approximate surface area is 251 Å². The van der Waals surface area contributed by atoms with E-state index in [1.54, 1.807) is 24.3 Å². The minimum Gasteiger partial charge on any atom is -0.507 e. The number of carbonyl (C=O) groups excluding carboxylic acids is 2. The topological polar surface area (TPSA) is 180 Å². The van der Waals surface area contributed by atoms with E-state index in [2.05, 4.69) is 74.5 Å². The van der Waals surface area contributed by atoms with E-state index in [1.807, 2.05) is 0 Å². The maximum absolute atomic E-state index is 12.4. The first-order chi connectivity index (χ1) is 18.7. The normalized spacial score (nSPS) is 11.8. The molecule has 2 rings (SSSR count). The molecule has 0 unspecified atom stereocenters. The number of quaternary nitrogens is 1. The molecule has 0 aliphatic rings. The minimum atomic E-state index is -0.513. The molecule has 39 heavy (non-hydrogen) atoms. The largest absolute Gasteiger partial charge is 0.507 e. The number of oxime groups is 2. The molecule has 8 N–H and O–H groups in total. The third-order valence-corrected chi connectivity index (χ3v) is 7.21. The van der Waals surface area contributed by atoms with E-state index in [1.165, 1.54) is 6.07 Å². The van der Waals surface area contributed by atoms with Crippen LogP contribution in [0.2, 0.25) is 0 Å². The van der Waals surface area contributed by atoms with Gasteiger partial charge in [0.2, 0.25) is 0 Å². The Balaban J connectivity index is 1.83. The molecular formula is C25H31Br3N5O6+. The van der Waals surface area contributed by atoms with Gasteiger partial charge in [-0.15, -0.1) is 0 Å². The number of phenolic OH excluding ortho intramolecular Hbond substituents is 1. The molecule has 14 heteroatoms. The third-order valence-electron chi connectivity index (χ3n) is 5.39. The first-order valence-corrected chi connectivity index (χ1v) is 14.4. The van der Waals surface area contributed by atoms with Crippen LogP contribution in [0.5, 0.6) is 11.5 Å². The Morgan fingerprint density at radius 3 is 1.90 bits per heavy atom. The molecule has 2 aromatic carbocycles. The molecule has 0 aliphatic heterocycles. The smallest absolute Gasteiger partial charge is 0.269 e. The summed E-state index contributed by atoms with van der Waals surface area (Å²) >= 11 is 10.2. The number of ether oxygens (including phenoxy) is 1. The van der Waals surface area contributed by atoms with Crippen LogP contribution in [-0.4, -0.2) is 65.0 Å². The van der Waals surface area contributed by atoms with Crippen LogP contribution < -0.4 is 21.1 Å². The van der Waals surface area contributed by atoms with E-state index < -0.39 is 11.8 Å². The quantitative estimate of drug-likeness (QED) is 0.0708. The van der Waals surface area contributed by atoms with Gasteiger partial charge in [0.15, 0.2) is 0 Å². The SMILES string of the molecule is [NH3+]CCCCNC(=O)/C(Cc1cc(Br)c(OCCCNC(=O)/C(Cc2ccc(O)c(Br)c2)=N/O)c(Br)c1)=N/O. The van der Waals surface area contributed by atoms with Crippen molar-refractivity contribution in [1.29, 1.82) is 0 Å². The van der Waals surface area contributed by atoms with Crippen molar-refractivity contribution in [1.82, 2.24) is 10.6 Å².